The number of aryl methyl sites for hydroxylation is 1. The van der Waals surface area contributed by atoms with Crippen molar-refractivity contribution in [3.05, 3.63) is 35.1 Å². The van der Waals surface area contributed by atoms with Crippen LogP contribution >= 0.6 is 0 Å². The average Bonchev–Trinajstić information content (AvgIpc) is 2.81. The molecule has 0 aliphatic carbocycles. The Morgan fingerprint density at radius 2 is 2.09 bits per heavy atom. The number of aliphatic hydroxyl groups is 1. The van der Waals surface area contributed by atoms with E-state index in [9.17, 15) is 14.3 Å². The summed E-state index contributed by atoms with van der Waals surface area (Å²) in [7, 11) is 0. The molecule has 1 unspecified atom stereocenters. The lowest BCUT2D eigenvalue weighted by atomic mass is 9.97. The van der Waals surface area contributed by atoms with Crippen LogP contribution in [-0.2, 0) is 4.74 Å². The zero-order valence-electron chi connectivity index (χ0n) is 14.5. The molecule has 5 heteroatoms. The molecule has 2 rings (SSSR count). The van der Waals surface area contributed by atoms with Gasteiger partial charge in [0.15, 0.2) is 0 Å². The van der Waals surface area contributed by atoms with E-state index in [4.69, 9.17) is 4.74 Å². The van der Waals surface area contributed by atoms with Gasteiger partial charge in [-0.25, -0.2) is 9.18 Å². The van der Waals surface area contributed by atoms with Crippen molar-refractivity contribution in [3.63, 3.8) is 0 Å². The number of carbonyl (C=O) groups excluding carboxylic acids is 1. The Hall–Kier alpha value is -1.62. The molecule has 128 valence electrons. The molecule has 0 aromatic heterocycles. The van der Waals surface area contributed by atoms with Crippen molar-refractivity contribution in [2.75, 3.05) is 6.54 Å². The summed E-state index contributed by atoms with van der Waals surface area (Å²) in [6.07, 6.45) is -0.698. The molecule has 1 aliphatic heterocycles. The predicted molar refractivity (Wildman–Crippen MR) is 86.6 cm³/mol. The van der Waals surface area contributed by atoms with Gasteiger partial charge in [-0.1, -0.05) is 19.1 Å². The molecule has 0 saturated carbocycles. The van der Waals surface area contributed by atoms with Crippen molar-refractivity contribution in [1.82, 2.24) is 4.90 Å². The van der Waals surface area contributed by atoms with Crippen molar-refractivity contribution >= 4 is 6.09 Å². The highest BCUT2D eigenvalue weighted by molar-refractivity contribution is 5.69. The van der Waals surface area contributed by atoms with Crippen molar-refractivity contribution in [2.45, 2.75) is 58.8 Å². The average molecular weight is 323 g/mol. The Morgan fingerprint density at radius 1 is 1.43 bits per heavy atom. The van der Waals surface area contributed by atoms with Gasteiger partial charge in [0, 0.05) is 6.54 Å². The number of hydrogen-bond acceptors (Lipinski definition) is 3. The van der Waals surface area contributed by atoms with E-state index in [-0.39, 0.29) is 11.7 Å². The molecule has 1 N–H and O–H groups in total. The molecule has 1 fully saturated rings. The Morgan fingerprint density at radius 3 is 2.65 bits per heavy atom. The van der Waals surface area contributed by atoms with Gasteiger partial charge in [0.1, 0.15) is 11.4 Å². The maximum atomic E-state index is 13.8. The van der Waals surface area contributed by atoms with Gasteiger partial charge in [-0.2, -0.15) is 0 Å². The van der Waals surface area contributed by atoms with Crippen LogP contribution in [0.3, 0.4) is 0 Å². The lowest BCUT2D eigenvalue weighted by molar-refractivity contribution is 0.00474. The van der Waals surface area contributed by atoms with E-state index in [1.54, 1.807) is 24.0 Å². The van der Waals surface area contributed by atoms with Gasteiger partial charge < -0.3 is 14.7 Å². The molecule has 1 aromatic carbocycles. The van der Waals surface area contributed by atoms with Gasteiger partial charge in [0.25, 0.3) is 0 Å². The lowest BCUT2D eigenvalue weighted by Gasteiger charge is -2.31. The minimum Gasteiger partial charge on any atom is -0.444 e. The number of nitrogens with zero attached hydrogens (tertiary/aromatic N) is 1. The summed E-state index contributed by atoms with van der Waals surface area (Å²) < 4.78 is 19.2. The Balaban J connectivity index is 2.21. The molecule has 1 heterocycles. The van der Waals surface area contributed by atoms with E-state index in [0.29, 0.717) is 24.1 Å². The van der Waals surface area contributed by atoms with Gasteiger partial charge in [-0.05, 0) is 57.2 Å². The lowest BCUT2D eigenvalue weighted by Crippen LogP contribution is -2.42. The van der Waals surface area contributed by atoms with E-state index < -0.39 is 23.8 Å². The summed E-state index contributed by atoms with van der Waals surface area (Å²) in [4.78, 5) is 14.0. The minimum atomic E-state index is -0.928. The van der Waals surface area contributed by atoms with Crippen LogP contribution in [0.5, 0.6) is 0 Å². The van der Waals surface area contributed by atoms with Crippen LogP contribution in [0.15, 0.2) is 18.2 Å². The third-order valence-corrected chi connectivity index (χ3v) is 4.08. The van der Waals surface area contributed by atoms with Gasteiger partial charge >= 0.3 is 6.09 Å². The maximum absolute atomic E-state index is 13.8. The first kappa shape index (κ1) is 17.7. The third kappa shape index (κ3) is 4.22. The van der Waals surface area contributed by atoms with E-state index in [2.05, 4.69) is 0 Å². The number of amides is 1. The summed E-state index contributed by atoms with van der Waals surface area (Å²) in [5.41, 5.74) is 0.430. The van der Waals surface area contributed by atoms with Crippen molar-refractivity contribution in [3.8, 4) is 0 Å². The molecular formula is C18H26FNO3. The minimum absolute atomic E-state index is 0.262. The van der Waals surface area contributed by atoms with E-state index >= 15 is 0 Å². The van der Waals surface area contributed by atoms with Crippen LogP contribution in [0.1, 0.15) is 51.3 Å². The highest BCUT2D eigenvalue weighted by Gasteiger charge is 2.40. The molecular weight excluding hydrogens is 297 g/mol. The fraction of sp³-hybridized carbons (Fsp3) is 0.611. The van der Waals surface area contributed by atoms with Gasteiger partial charge in [-0.15, -0.1) is 0 Å². The van der Waals surface area contributed by atoms with E-state index in [1.165, 1.54) is 6.07 Å². The Bertz CT molecular complexity index is 582. The number of carbonyl (C=O) groups is 1. The molecule has 3 atom stereocenters. The highest BCUT2D eigenvalue weighted by Crippen LogP contribution is 2.33. The first-order chi connectivity index (χ1) is 10.6. The van der Waals surface area contributed by atoms with E-state index in [1.807, 2.05) is 27.7 Å². The number of likely N-dealkylation sites (tertiary alicyclic amines) is 1. The molecule has 1 aromatic rings. The molecule has 0 radical (unpaired) electrons. The van der Waals surface area contributed by atoms with Crippen LogP contribution in [0.2, 0.25) is 0 Å². The SMILES string of the molecule is Cc1ccc(C(O)[C@@H]2C[C@H](C)CN2C(=O)OC(C)(C)C)cc1F. The first-order valence-electron chi connectivity index (χ1n) is 8.02. The number of hydrogen-bond donors (Lipinski definition) is 1. The molecule has 4 nitrogen and oxygen atoms in total. The summed E-state index contributed by atoms with van der Waals surface area (Å²) >= 11 is 0. The number of benzene rings is 1. The van der Waals surface area contributed by atoms with Crippen molar-refractivity contribution in [2.24, 2.45) is 5.92 Å². The van der Waals surface area contributed by atoms with Crippen LogP contribution < -0.4 is 0 Å². The van der Waals surface area contributed by atoms with Crippen LogP contribution in [-0.4, -0.2) is 34.3 Å². The normalized spacial score (nSPS) is 23.0. The standard InChI is InChI=1S/C18H26FNO3/c1-11-8-15(20(10-11)17(22)23-18(3,4)5)16(21)13-7-6-12(2)14(19)9-13/h6-7,9,11,15-16,21H,8,10H2,1-5H3/t11-,15-,16?/m0/s1. The molecule has 1 saturated heterocycles. The second-order valence-corrected chi connectivity index (χ2v) is 7.49. The van der Waals surface area contributed by atoms with Crippen LogP contribution in [0.25, 0.3) is 0 Å². The van der Waals surface area contributed by atoms with Crippen molar-refractivity contribution < 1.29 is 19.0 Å². The zero-order valence-corrected chi connectivity index (χ0v) is 14.5. The van der Waals surface area contributed by atoms with Crippen molar-refractivity contribution in [1.29, 1.82) is 0 Å². The number of ether oxygens (including phenoxy) is 1. The summed E-state index contributed by atoms with van der Waals surface area (Å²) in [5, 5.41) is 10.7. The zero-order chi connectivity index (χ0) is 17.4. The first-order valence-corrected chi connectivity index (χ1v) is 8.02. The van der Waals surface area contributed by atoms with Gasteiger partial charge in [-0.3, -0.25) is 0 Å². The monoisotopic (exact) mass is 323 g/mol. The number of rotatable bonds is 2. The summed E-state index contributed by atoms with van der Waals surface area (Å²) in [5.74, 6) is -0.0890. The second kappa shape index (κ2) is 6.48. The Labute approximate surface area is 137 Å². The topological polar surface area (TPSA) is 49.8 Å². The van der Waals surface area contributed by atoms with Crippen LogP contribution in [0, 0.1) is 18.7 Å². The Kier molecular flexibility index (Phi) is 4.99. The van der Waals surface area contributed by atoms with Gasteiger partial charge in [0.05, 0.1) is 12.1 Å². The van der Waals surface area contributed by atoms with Gasteiger partial charge in [0.2, 0.25) is 0 Å². The quantitative estimate of drug-likeness (QED) is 0.900. The van der Waals surface area contributed by atoms with E-state index in [0.717, 1.165) is 0 Å². The molecule has 0 spiro atoms. The molecule has 1 aliphatic rings. The highest BCUT2D eigenvalue weighted by atomic mass is 19.1. The predicted octanol–water partition coefficient (Wildman–Crippen LogP) is 3.81. The molecule has 23 heavy (non-hydrogen) atoms. The smallest absolute Gasteiger partial charge is 0.410 e. The number of aliphatic hydroxyl groups excluding tert-OH is 1. The second-order valence-electron chi connectivity index (χ2n) is 7.49. The van der Waals surface area contributed by atoms with Crippen LogP contribution in [0.4, 0.5) is 9.18 Å². The largest absolute Gasteiger partial charge is 0.444 e. The summed E-state index contributed by atoms with van der Waals surface area (Å²) in [6.45, 7) is 9.67. The molecule has 0 bridgehead atoms. The third-order valence-electron chi connectivity index (χ3n) is 4.08. The fourth-order valence-electron chi connectivity index (χ4n) is 2.93. The fourth-order valence-corrected chi connectivity index (χ4v) is 2.93. The molecule has 1 amide bonds. The number of halogens is 1. The summed E-state index contributed by atoms with van der Waals surface area (Å²) in [6, 6.07) is 4.29. The maximum Gasteiger partial charge on any atom is 0.410 e.